The highest BCUT2D eigenvalue weighted by molar-refractivity contribution is 7.90. The van der Waals surface area contributed by atoms with E-state index in [9.17, 15) is 35.5 Å². The number of aromatic nitrogens is 2. The molecule has 0 aliphatic heterocycles. The van der Waals surface area contributed by atoms with E-state index in [0.717, 1.165) is 16.8 Å². The molecule has 0 aromatic carbocycles. The van der Waals surface area contributed by atoms with Crippen molar-refractivity contribution in [1.29, 1.82) is 0 Å². The van der Waals surface area contributed by atoms with Gasteiger partial charge < -0.3 is 13.7 Å². The van der Waals surface area contributed by atoms with Crippen LogP contribution in [0, 0.1) is 0 Å². The second-order valence-corrected chi connectivity index (χ2v) is 7.41. The van der Waals surface area contributed by atoms with Crippen LogP contribution in [0.3, 0.4) is 0 Å². The average Bonchev–Trinajstić information content (AvgIpc) is 2.72. The predicted molar refractivity (Wildman–Crippen MR) is 107 cm³/mol. The van der Waals surface area contributed by atoms with Crippen LogP contribution in [-0.4, -0.2) is 47.4 Å². The average molecular weight is 520 g/mol. The van der Waals surface area contributed by atoms with Crippen LogP contribution in [0.4, 0.5) is 30.7 Å². The van der Waals surface area contributed by atoms with Crippen LogP contribution in [0.5, 0.6) is 17.4 Å². The van der Waals surface area contributed by atoms with Crippen molar-refractivity contribution in [1.82, 2.24) is 9.55 Å². The Morgan fingerprint density at radius 2 is 1.74 bits per heavy atom. The monoisotopic (exact) mass is 520 g/mol. The molecule has 0 radical (unpaired) electrons. The molecule has 0 atom stereocenters. The van der Waals surface area contributed by atoms with Gasteiger partial charge in [-0.15, -0.1) is 0 Å². The van der Waals surface area contributed by atoms with E-state index >= 15 is 0 Å². The molecular formula is C19H19F7N2O5S. The summed E-state index contributed by atoms with van der Waals surface area (Å²) in [6.07, 6.45) is -5.00. The van der Waals surface area contributed by atoms with Crippen LogP contribution < -0.4 is 19.2 Å². The van der Waals surface area contributed by atoms with Crippen LogP contribution in [0.15, 0.2) is 29.2 Å². The second kappa shape index (κ2) is 10.7. The summed E-state index contributed by atoms with van der Waals surface area (Å²) >= 11 is 0.435. The Bertz CT molecular complexity index is 1040. The lowest BCUT2D eigenvalue weighted by Gasteiger charge is -2.20. The zero-order valence-corrected chi connectivity index (χ0v) is 18.7. The fourth-order valence-corrected chi connectivity index (χ4v) is 2.62. The number of pyridine rings is 2. The summed E-state index contributed by atoms with van der Waals surface area (Å²) in [4.78, 5) is 16.6. The quantitative estimate of drug-likeness (QED) is 0.234. The first-order valence-electron chi connectivity index (χ1n) is 9.41. The maximum absolute atomic E-state index is 13.2. The van der Waals surface area contributed by atoms with Gasteiger partial charge in [0.05, 0.1) is 18.4 Å². The lowest BCUT2D eigenvalue weighted by molar-refractivity contribution is -0.290. The molecule has 2 aromatic rings. The van der Waals surface area contributed by atoms with Crippen LogP contribution in [-0.2, 0) is 11.2 Å². The van der Waals surface area contributed by atoms with E-state index in [1.165, 1.54) is 19.2 Å². The molecule has 7 nitrogen and oxygen atoms in total. The van der Waals surface area contributed by atoms with E-state index in [1.807, 2.05) is 0 Å². The van der Waals surface area contributed by atoms with E-state index in [1.54, 1.807) is 6.92 Å². The van der Waals surface area contributed by atoms with E-state index < -0.39 is 42.5 Å². The highest BCUT2D eigenvalue weighted by Gasteiger charge is 2.58. The molecule has 2 rings (SSSR count). The van der Waals surface area contributed by atoms with Gasteiger partial charge >= 0.3 is 12.1 Å². The minimum atomic E-state index is -5.82. The van der Waals surface area contributed by atoms with Crippen molar-refractivity contribution in [2.24, 2.45) is 7.05 Å². The zero-order chi connectivity index (χ0) is 25.7. The van der Waals surface area contributed by atoms with Gasteiger partial charge in [-0.2, -0.15) is 22.0 Å². The third kappa shape index (κ3) is 7.16. The Morgan fingerprint density at radius 1 is 1.06 bits per heavy atom. The molecule has 190 valence electrons. The van der Waals surface area contributed by atoms with Crippen molar-refractivity contribution in [2.45, 2.75) is 31.9 Å². The molecule has 34 heavy (non-hydrogen) atoms. The van der Waals surface area contributed by atoms with E-state index in [2.05, 4.69) is 9.72 Å². The Morgan fingerprint density at radius 3 is 2.32 bits per heavy atom. The van der Waals surface area contributed by atoms with Gasteiger partial charge in [0.2, 0.25) is 12.3 Å². The minimum absolute atomic E-state index is 0.114. The van der Waals surface area contributed by atoms with Gasteiger partial charge in [0.1, 0.15) is 11.4 Å². The molecule has 0 saturated heterocycles. The van der Waals surface area contributed by atoms with Gasteiger partial charge in [-0.05, 0) is 19.1 Å². The van der Waals surface area contributed by atoms with Crippen molar-refractivity contribution in [3.05, 3.63) is 34.7 Å². The van der Waals surface area contributed by atoms with Gasteiger partial charge in [-0.25, -0.2) is 13.8 Å². The number of hydrogen-bond acceptors (Lipinski definition) is 7. The molecule has 0 bridgehead atoms. The first-order valence-corrected chi connectivity index (χ1v) is 10.1. The molecule has 0 aliphatic rings. The van der Waals surface area contributed by atoms with Gasteiger partial charge in [0.25, 0.3) is 11.5 Å². The molecule has 2 aromatic heterocycles. The van der Waals surface area contributed by atoms with E-state index in [-0.39, 0.29) is 29.5 Å². The second-order valence-electron chi connectivity index (χ2n) is 6.87. The first kappa shape index (κ1) is 27.6. The van der Waals surface area contributed by atoms with E-state index in [4.69, 9.17) is 13.1 Å². The number of alkyl halides is 7. The molecular weight excluding hydrogens is 501 g/mol. The summed E-state index contributed by atoms with van der Waals surface area (Å²) in [7, 11) is 1.25. The van der Waals surface area contributed by atoms with Gasteiger partial charge in [-0.1, -0.05) is 0 Å². The predicted octanol–water partition coefficient (Wildman–Crippen LogP) is 5.04. The minimum Gasteiger partial charge on any atom is -0.485 e. The highest BCUT2D eigenvalue weighted by atomic mass is 32.2. The summed E-state index contributed by atoms with van der Waals surface area (Å²) in [5.41, 5.74) is -1.000. The molecule has 0 fully saturated rings. The molecule has 0 N–H and O–H groups in total. The maximum atomic E-state index is 13.2. The Hall–Kier alpha value is -2.68. The van der Waals surface area contributed by atoms with Crippen LogP contribution >= 0.6 is 12.3 Å². The lowest BCUT2D eigenvalue weighted by atomic mass is 10.1. The van der Waals surface area contributed by atoms with Crippen molar-refractivity contribution in [3.63, 3.8) is 0 Å². The number of halogens is 7. The number of rotatable bonds is 11. The van der Waals surface area contributed by atoms with Crippen LogP contribution in [0.1, 0.15) is 13.8 Å². The Labute approximate surface area is 193 Å². The number of ether oxygens (including phenoxy) is 2. The van der Waals surface area contributed by atoms with Crippen molar-refractivity contribution >= 4 is 12.3 Å². The topological polar surface area (TPSA) is 71.8 Å². The smallest absolute Gasteiger partial charge is 0.456 e. The number of nitrogens with zero attached hydrogens (tertiary/aromatic N) is 2. The molecule has 0 amide bonds. The molecule has 2 heterocycles. The third-order valence-electron chi connectivity index (χ3n) is 3.94. The van der Waals surface area contributed by atoms with Gasteiger partial charge in [0, 0.05) is 20.0 Å². The molecule has 0 saturated carbocycles. The lowest BCUT2D eigenvalue weighted by Crippen LogP contribution is -2.41. The highest BCUT2D eigenvalue weighted by Crippen LogP contribution is 2.37. The first-order chi connectivity index (χ1) is 15.7. The summed E-state index contributed by atoms with van der Waals surface area (Å²) in [6.45, 7) is -0.533. The summed E-state index contributed by atoms with van der Waals surface area (Å²) < 4.78 is 110. The third-order valence-corrected chi connectivity index (χ3v) is 4.52. The van der Waals surface area contributed by atoms with Gasteiger partial charge in [0.15, 0.2) is 24.8 Å². The van der Waals surface area contributed by atoms with E-state index in [0.29, 0.717) is 19.2 Å². The summed E-state index contributed by atoms with van der Waals surface area (Å²) in [5.74, 6) is -9.19. The zero-order valence-electron chi connectivity index (χ0n) is 17.9. The summed E-state index contributed by atoms with van der Waals surface area (Å²) in [5, 5.41) is 0. The molecule has 0 aliphatic carbocycles. The van der Waals surface area contributed by atoms with Crippen LogP contribution in [0.25, 0.3) is 11.3 Å². The van der Waals surface area contributed by atoms with Crippen molar-refractivity contribution in [2.75, 3.05) is 19.8 Å². The van der Waals surface area contributed by atoms with Crippen molar-refractivity contribution in [3.8, 4) is 28.6 Å². The largest absolute Gasteiger partial charge is 0.485 e. The molecule has 15 heteroatoms. The summed E-state index contributed by atoms with van der Waals surface area (Å²) in [6, 6.07) is 3.37. The SMILES string of the molecule is CCOSOc1cc(OCC(F)(F)C(F)(F)F)cnc1-c1ccc(OCC(C)(F)F)n(C)c1=O. The molecule has 0 unspecified atom stereocenters. The normalized spacial score (nSPS) is 12.5. The Balaban J connectivity index is 2.38. The standard InChI is InChI=1S/C19H19F7N2O5S/c1-4-32-34-33-13-7-11(30-10-18(22,23)19(24,25)26)8-27-15(13)12-5-6-14(28(3)16(12)29)31-9-17(2,20)21/h5-8H,4,9-10H2,1-3H3. The fourth-order valence-electron chi connectivity index (χ4n) is 2.28. The van der Waals surface area contributed by atoms with Gasteiger partial charge in [-0.3, -0.25) is 13.5 Å². The fraction of sp³-hybridized carbons (Fsp3) is 0.474. The van der Waals surface area contributed by atoms with Crippen molar-refractivity contribution < 1.29 is 48.6 Å². The van der Waals surface area contributed by atoms with Crippen LogP contribution in [0.2, 0.25) is 0 Å². The molecule has 0 spiro atoms. The number of hydrogen-bond donors (Lipinski definition) is 0. The maximum Gasteiger partial charge on any atom is 0.456 e. The Kier molecular flexibility index (Phi) is 8.69.